The molecule has 25 heavy (non-hydrogen) atoms. The second-order valence-electron chi connectivity index (χ2n) is 6.07. The van der Waals surface area contributed by atoms with Crippen molar-refractivity contribution >= 4 is 22.6 Å². The summed E-state index contributed by atoms with van der Waals surface area (Å²) in [6, 6.07) is 7.73. The Balaban J connectivity index is 1.44. The summed E-state index contributed by atoms with van der Waals surface area (Å²) >= 11 is 0. The average molecular weight is 337 g/mol. The van der Waals surface area contributed by atoms with E-state index in [1.807, 2.05) is 30.5 Å². The van der Waals surface area contributed by atoms with E-state index < -0.39 is 0 Å². The van der Waals surface area contributed by atoms with Crippen molar-refractivity contribution in [3.8, 4) is 5.88 Å². The zero-order valence-electron chi connectivity index (χ0n) is 13.9. The van der Waals surface area contributed by atoms with Crippen LogP contribution in [0.5, 0.6) is 5.88 Å². The van der Waals surface area contributed by atoms with Crippen molar-refractivity contribution in [3.63, 3.8) is 0 Å². The molecule has 1 amide bonds. The highest BCUT2D eigenvalue weighted by molar-refractivity contribution is 5.98. The largest absolute Gasteiger partial charge is 0.478 e. The highest BCUT2D eigenvalue weighted by Gasteiger charge is 2.27. The number of carbonyl (C=O) groups excluding carboxylic acids is 1. The first-order valence-electron chi connectivity index (χ1n) is 8.22. The first kappa shape index (κ1) is 15.4. The van der Waals surface area contributed by atoms with Crippen molar-refractivity contribution in [1.29, 1.82) is 0 Å². The molecule has 1 atom stereocenters. The SMILES string of the molecule is COc1nccnc1N1CC[C@@H](NC(=O)c2ccc3cc[nH]c3c2)C1. The summed E-state index contributed by atoms with van der Waals surface area (Å²) < 4.78 is 5.27. The van der Waals surface area contributed by atoms with E-state index in [0.717, 1.165) is 29.7 Å². The topological polar surface area (TPSA) is 83.1 Å². The lowest BCUT2D eigenvalue weighted by atomic mass is 10.1. The molecule has 1 aromatic carbocycles. The summed E-state index contributed by atoms with van der Waals surface area (Å²) in [5.74, 6) is 1.16. The van der Waals surface area contributed by atoms with E-state index in [2.05, 4.69) is 25.2 Å². The number of amides is 1. The molecule has 0 saturated carbocycles. The second-order valence-corrected chi connectivity index (χ2v) is 6.07. The molecule has 128 valence electrons. The Labute approximate surface area is 145 Å². The lowest BCUT2D eigenvalue weighted by Crippen LogP contribution is -2.37. The molecule has 1 fully saturated rings. The number of benzene rings is 1. The molecule has 0 spiro atoms. The van der Waals surface area contributed by atoms with Crippen molar-refractivity contribution < 1.29 is 9.53 Å². The fourth-order valence-electron chi connectivity index (χ4n) is 3.21. The van der Waals surface area contributed by atoms with Gasteiger partial charge in [-0.2, -0.15) is 0 Å². The number of nitrogens with one attached hydrogen (secondary N) is 2. The van der Waals surface area contributed by atoms with Gasteiger partial charge in [0, 0.05) is 48.8 Å². The van der Waals surface area contributed by atoms with Crippen LogP contribution in [0.25, 0.3) is 10.9 Å². The molecule has 0 aliphatic carbocycles. The molecule has 1 aliphatic heterocycles. The molecule has 0 radical (unpaired) electrons. The molecule has 3 aromatic rings. The third-order valence-electron chi connectivity index (χ3n) is 4.48. The fourth-order valence-corrected chi connectivity index (χ4v) is 3.21. The molecule has 1 saturated heterocycles. The Bertz CT molecular complexity index is 907. The maximum atomic E-state index is 12.5. The van der Waals surface area contributed by atoms with Crippen LogP contribution in [0.4, 0.5) is 5.82 Å². The van der Waals surface area contributed by atoms with Crippen LogP contribution < -0.4 is 15.0 Å². The Hall–Kier alpha value is -3.09. The van der Waals surface area contributed by atoms with Gasteiger partial charge in [0.15, 0.2) is 5.82 Å². The first-order chi connectivity index (χ1) is 12.2. The second kappa shape index (κ2) is 6.43. The van der Waals surface area contributed by atoms with Crippen LogP contribution in [-0.4, -0.2) is 47.1 Å². The molecule has 2 N–H and O–H groups in total. The molecule has 7 nitrogen and oxygen atoms in total. The quantitative estimate of drug-likeness (QED) is 0.760. The van der Waals surface area contributed by atoms with Gasteiger partial charge in [0.25, 0.3) is 11.8 Å². The van der Waals surface area contributed by atoms with Gasteiger partial charge >= 0.3 is 0 Å². The molecular formula is C18H19N5O2. The smallest absolute Gasteiger partial charge is 0.257 e. The highest BCUT2D eigenvalue weighted by atomic mass is 16.5. The normalized spacial score (nSPS) is 17.0. The maximum Gasteiger partial charge on any atom is 0.257 e. The summed E-state index contributed by atoms with van der Waals surface area (Å²) in [5.41, 5.74) is 1.62. The lowest BCUT2D eigenvalue weighted by Gasteiger charge is -2.19. The molecule has 2 aromatic heterocycles. The number of aromatic amines is 1. The van der Waals surface area contributed by atoms with Crippen molar-refractivity contribution in [1.82, 2.24) is 20.3 Å². The van der Waals surface area contributed by atoms with E-state index >= 15 is 0 Å². The van der Waals surface area contributed by atoms with Crippen LogP contribution in [0, 0.1) is 0 Å². The van der Waals surface area contributed by atoms with E-state index in [-0.39, 0.29) is 11.9 Å². The number of carbonyl (C=O) groups is 1. The number of anilines is 1. The maximum absolute atomic E-state index is 12.5. The van der Waals surface area contributed by atoms with Crippen molar-refractivity contribution in [3.05, 3.63) is 48.4 Å². The number of rotatable bonds is 4. The summed E-state index contributed by atoms with van der Waals surface area (Å²) in [4.78, 5) is 26.3. The van der Waals surface area contributed by atoms with Gasteiger partial charge in [-0.25, -0.2) is 9.97 Å². The number of fused-ring (bicyclic) bond motifs is 1. The third-order valence-corrected chi connectivity index (χ3v) is 4.48. The van der Waals surface area contributed by atoms with Gasteiger partial charge in [0.1, 0.15) is 0 Å². The Morgan fingerprint density at radius 2 is 2.20 bits per heavy atom. The van der Waals surface area contributed by atoms with Crippen molar-refractivity contribution in [2.75, 3.05) is 25.1 Å². The van der Waals surface area contributed by atoms with Gasteiger partial charge in [-0.15, -0.1) is 0 Å². The van der Waals surface area contributed by atoms with Crippen LogP contribution >= 0.6 is 0 Å². The number of nitrogens with zero attached hydrogens (tertiary/aromatic N) is 3. The minimum absolute atomic E-state index is 0.0607. The van der Waals surface area contributed by atoms with Crippen LogP contribution in [0.2, 0.25) is 0 Å². The number of H-pyrrole nitrogens is 1. The summed E-state index contributed by atoms with van der Waals surface area (Å²) in [6.45, 7) is 1.49. The number of ether oxygens (including phenoxy) is 1. The molecule has 7 heteroatoms. The van der Waals surface area contributed by atoms with Crippen LogP contribution in [0.15, 0.2) is 42.9 Å². The van der Waals surface area contributed by atoms with Gasteiger partial charge in [-0.05, 0) is 30.0 Å². The number of hydrogen-bond donors (Lipinski definition) is 2. The Kier molecular flexibility index (Phi) is 3.97. The van der Waals surface area contributed by atoms with Crippen LogP contribution in [0.3, 0.4) is 0 Å². The predicted octanol–water partition coefficient (Wildman–Crippen LogP) is 1.98. The molecule has 0 unspecified atom stereocenters. The van der Waals surface area contributed by atoms with E-state index in [9.17, 15) is 4.79 Å². The number of aromatic nitrogens is 3. The third kappa shape index (κ3) is 3.00. The monoisotopic (exact) mass is 337 g/mol. The minimum atomic E-state index is -0.0607. The summed E-state index contributed by atoms with van der Waals surface area (Å²) in [7, 11) is 1.58. The Morgan fingerprint density at radius 3 is 3.08 bits per heavy atom. The first-order valence-corrected chi connectivity index (χ1v) is 8.22. The molecule has 0 bridgehead atoms. The Morgan fingerprint density at radius 1 is 1.32 bits per heavy atom. The summed E-state index contributed by atoms with van der Waals surface area (Å²) in [5, 5.41) is 4.20. The zero-order chi connectivity index (χ0) is 17.2. The number of hydrogen-bond acceptors (Lipinski definition) is 5. The average Bonchev–Trinajstić information content (AvgIpc) is 3.30. The van der Waals surface area contributed by atoms with Gasteiger partial charge in [-0.1, -0.05) is 6.07 Å². The molecular weight excluding hydrogens is 318 g/mol. The fraction of sp³-hybridized carbons (Fsp3) is 0.278. The standard InChI is InChI=1S/C18H19N5O2/c1-25-18-16(20-7-8-21-18)23-9-5-14(11-23)22-17(24)13-3-2-12-4-6-19-15(12)10-13/h2-4,6-8,10,14,19H,5,9,11H2,1H3,(H,22,24)/t14-/m1/s1. The van der Waals surface area contributed by atoms with Gasteiger partial charge in [-0.3, -0.25) is 4.79 Å². The van der Waals surface area contributed by atoms with Crippen LogP contribution in [-0.2, 0) is 0 Å². The van der Waals surface area contributed by atoms with E-state index in [4.69, 9.17) is 4.74 Å². The van der Waals surface area contributed by atoms with Crippen molar-refractivity contribution in [2.45, 2.75) is 12.5 Å². The van der Waals surface area contributed by atoms with Crippen molar-refractivity contribution in [2.24, 2.45) is 0 Å². The highest BCUT2D eigenvalue weighted by Crippen LogP contribution is 2.26. The van der Waals surface area contributed by atoms with E-state index in [0.29, 0.717) is 18.0 Å². The zero-order valence-corrected chi connectivity index (χ0v) is 13.9. The molecule has 1 aliphatic rings. The molecule has 4 rings (SSSR count). The predicted molar refractivity (Wildman–Crippen MR) is 95.0 cm³/mol. The lowest BCUT2D eigenvalue weighted by molar-refractivity contribution is 0.0940. The van der Waals surface area contributed by atoms with Crippen LogP contribution in [0.1, 0.15) is 16.8 Å². The van der Waals surface area contributed by atoms with Gasteiger partial charge < -0.3 is 19.9 Å². The molecule has 3 heterocycles. The van der Waals surface area contributed by atoms with E-state index in [1.54, 1.807) is 19.5 Å². The van der Waals surface area contributed by atoms with Gasteiger partial charge in [0.05, 0.1) is 7.11 Å². The minimum Gasteiger partial charge on any atom is -0.478 e. The van der Waals surface area contributed by atoms with Gasteiger partial charge in [0.2, 0.25) is 0 Å². The van der Waals surface area contributed by atoms with E-state index in [1.165, 1.54) is 0 Å². The number of methoxy groups -OCH3 is 1. The summed E-state index contributed by atoms with van der Waals surface area (Å²) in [6.07, 6.45) is 5.98.